The van der Waals surface area contributed by atoms with Crippen molar-refractivity contribution in [3.63, 3.8) is 0 Å². The van der Waals surface area contributed by atoms with E-state index >= 15 is 0 Å². The van der Waals surface area contributed by atoms with Gasteiger partial charge < -0.3 is 4.52 Å². The first kappa shape index (κ1) is 13.1. The van der Waals surface area contributed by atoms with Crippen LogP contribution in [0.4, 0.5) is 5.88 Å². The Hall–Kier alpha value is -2.88. The molecule has 0 spiro atoms. The summed E-state index contributed by atoms with van der Waals surface area (Å²) in [6.07, 6.45) is 0. The summed E-state index contributed by atoms with van der Waals surface area (Å²) in [5.74, 6) is 0.116. The molecular formula is C17H14N2O2. The quantitative estimate of drug-likeness (QED) is 0.790. The molecule has 0 atom stereocenters. The van der Waals surface area contributed by atoms with E-state index < -0.39 is 0 Å². The van der Waals surface area contributed by atoms with Crippen LogP contribution in [0.5, 0.6) is 0 Å². The van der Waals surface area contributed by atoms with E-state index in [4.69, 9.17) is 4.52 Å². The minimum Gasteiger partial charge on any atom is -0.338 e. The maximum atomic E-state index is 12.1. The third-order valence-electron chi connectivity index (χ3n) is 3.13. The molecule has 2 aromatic carbocycles. The molecule has 0 fully saturated rings. The van der Waals surface area contributed by atoms with Crippen LogP contribution in [0.15, 0.2) is 65.2 Å². The molecule has 104 valence electrons. The van der Waals surface area contributed by atoms with Crippen LogP contribution in [0.25, 0.3) is 11.3 Å². The number of anilines is 1. The van der Waals surface area contributed by atoms with Crippen LogP contribution in [0, 0.1) is 6.92 Å². The van der Waals surface area contributed by atoms with Gasteiger partial charge in [0.1, 0.15) is 5.69 Å². The summed E-state index contributed by atoms with van der Waals surface area (Å²) in [5, 5.41) is 6.66. The fourth-order valence-corrected chi connectivity index (χ4v) is 1.97. The molecule has 0 aliphatic rings. The predicted octanol–water partition coefficient (Wildman–Crippen LogP) is 3.90. The number of benzene rings is 2. The minimum atomic E-state index is -0.217. The zero-order valence-corrected chi connectivity index (χ0v) is 11.5. The molecule has 0 aliphatic heterocycles. The number of amides is 1. The molecule has 1 heterocycles. The second kappa shape index (κ2) is 5.63. The molecule has 0 saturated heterocycles. The van der Waals surface area contributed by atoms with Gasteiger partial charge in [-0.3, -0.25) is 10.1 Å². The number of hydrogen-bond acceptors (Lipinski definition) is 3. The van der Waals surface area contributed by atoms with E-state index in [1.54, 1.807) is 18.2 Å². The smallest absolute Gasteiger partial charge is 0.258 e. The molecular weight excluding hydrogens is 264 g/mol. The number of hydrogen-bond donors (Lipinski definition) is 1. The van der Waals surface area contributed by atoms with Gasteiger partial charge in [0.05, 0.1) is 0 Å². The maximum absolute atomic E-state index is 12.1. The van der Waals surface area contributed by atoms with Gasteiger partial charge in [-0.1, -0.05) is 53.2 Å². The third kappa shape index (κ3) is 3.00. The average molecular weight is 278 g/mol. The van der Waals surface area contributed by atoms with Gasteiger partial charge in [0.25, 0.3) is 5.91 Å². The highest BCUT2D eigenvalue weighted by Crippen LogP contribution is 2.21. The molecule has 0 radical (unpaired) electrons. The summed E-state index contributed by atoms with van der Waals surface area (Å²) < 4.78 is 5.15. The Kier molecular flexibility index (Phi) is 3.51. The minimum absolute atomic E-state index is 0.217. The van der Waals surface area contributed by atoms with Gasteiger partial charge in [-0.15, -0.1) is 0 Å². The lowest BCUT2D eigenvalue weighted by Gasteiger charge is -2.01. The van der Waals surface area contributed by atoms with Gasteiger partial charge in [-0.25, -0.2) is 0 Å². The summed E-state index contributed by atoms with van der Waals surface area (Å²) in [4.78, 5) is 12.1. The van der Waals surface area contributed by atoms with Gasteiger partial charge in [-0.05, 0) is 19.1 Å². The average Bonchev–Trinajstić information content (AvgIpc) is 2.97. The molecule has 1 aromatic heterocycles. The summed E-state index contributed by atoms with van der Waals surface area (Å²) in [6, 6.07) is 18.7. The fraction of sp³-hybridized carbons (Fsp3) is 0.0588. The Balaban J connectivity index is 1.75. The second-order valence-corrected chi connectivity index (χ2v) is 4.76. The molecule has 1 N–H and O–H groups in total. The van der Waals surface area contributed by atoms with Crippen molar-refractivity contribution in [2.45, 2.75) is 6.92 Å². The van der Waals surface area contributed by atoms with E-state index in [2.05, 4.69) is 10.5 Å². The Morgan fingerprint density at radius 2 is 1.76 bits per heavy atom. The Morgan fingerprint density at radius 1 is 1.05 bits per heavy atom. The topological polar surface area (TPSA) is 55.1 Å². The van der Waals surface area contributed by atoms with Gasteiger partial charge in [-0.2, -0.15) is 0 Å². The van der Waals surface area contributed by atoms with E-state index in [0.717, 1.165) is 11.1 Å². The van der Waals surface area contributed by atoms with Crippen molar-refractivity contribution in [3.05, 3.63) is 71.8 Å². The zero-order chi connectivity index (χ0) is 14.7. The molecule has 4 heteroatoms. The molecule has 0 unspecified atom stereocenters. The number of aromatic nitrogens is 1. The lowest BCUT2D eigenvalue weighted by Crippen LogP contribution is -2.11. The second-order valence-electron chi connectivity index (χ2n) is 4.76. The van der Waals surface area contributed by atoms with Crippen molar-refractivity contribution >= 4 is 11.8 Å². The first-order chi connectivity index (χ1) is 10.2. The SMILES string of the molecule is Cc1ccc(C(=O)Nc2cc(-c3ccccc3)no2)cc1. The predicted molar refractivity (Wildman–Crippen MR) is 81.1 cm³/mol. The normalized spacial score (nSPS) is 10.3. The van der Waals surface area contributed by atoms with E-state index in [9.17, 15) is 4.79 Å². The zero-order valence-electron chi connectivity index (χ0n) is 11.5. The fourth-order valence-electron chi connectivity index (χ4n) is 1.97. The maximum Gasteiger partial charge on any atom is 0.258 e. The Bertz CT molecular complexity index is 746. The highest BCUT2D eigenvalue weighted by Gasteiger charge is 2.10. The highest BCUT2D eigenvalue weighted by molar-refractivity contribution is 6.03. The number of carbonyl (C=O) groups excluding carboxylic acids is 1. The van der Waals surface area contributed by atoms with Crippen LogP contribution < -0.4 is 5.32 Å². The molecule has 3 rings (SSSR count). The summed E-state index contributed by atoms with van der Waals surface area (Å²) in [6.45, 7) is 1.98. The molecule has 3 aromatic rings. The first-order valence-electron chi connectivity index (χ1n) is 6.62. The van der Waals surface area contributed by atoms with Crippen molar-refractivity contribution in [1.82, 2.24) is 5.16 Å². The molecule has 0 aliphatic carbocycles. The Labute approximate surface area is 122 Å². The standard InChI is InChI=1S/C17H14N2O2/c1-12-7-9-14(10-8-12)17(20)18-16-11-15(19-21-16)13-5-3-2-4-6-13/h2-11H,1H3,(H,18,20). The molecule has 0 bridgehead atoms. The number of aryl methyl sites for hydroxylation is 1. The summed E-state index contributed by atoms with van der Waals surface area (Å²) >= 11 is 0. The van der Waals surface area contributed by atoms with Crippen LogP contribution in [-0.4, -0.2) is 11.1 Å². The monoisotopic (exact) mass is 278 g/mol. The van der Waals surface area contributed by atoms with Gasteiger partial charge in [0.2, 0.25) is 5.88 Å². The van der Waals surface area contributed by atoms with Crippen molar-refractivity contribution < 1.29 is 9.32 Å². The van der Waals surface area contributed by atoms with Crippen molar-refractivity contribution in [2.75, 3.05) is 5.32 Å². The van der Waals surface area contributed by atoms with Crippen molar-refractivity contribution in [3.8, 4) is 11.3 Å². The first-order valence-corrected chi connectivity index (χ1v) is 6.62. The molecule has 1 amide bonds. The van der Waals surface area contributed by atoms with E-state index in [-0.39, 0.29) is 5.91 Å². The summed E-state index contributed by atoms with van der Waals surface area (Å²) in [7, 11) is 0. The van der Waals surface area contributed by atoms with Crippen molar-refractivity contribution in [1.29, 1.82) is 0 Å². The number of nitrogens with zero attached hydrogens (tertiary/aromatic N) is 1. The molecule has 21 heavy (non-hydrogen) atoms. The van der Waals surface area contributed by atoms with Crippen molar-refractivity contribution in [2.24, 2.45) is 0 Å². The molecule has 0 saturated carbocycles. The van der Waals surface area contributed by atoms with E-state index in [1.165, 1.54) is 0 Å². The number of rotatable bonds is 3. The number of nitrogens with one attached hydrogen (secondary N) is 1. The van der Waals surface area contributed by atoms with Crippen LogP contribution in [0.2, 0.25) is 0 Å². The summed E-state index contributed by atoms with van der Waals surface area (Å²) in [5.41, 5.74) is 3.32. The third-order valence-corrected chi connectivity index (χ3v) is 3.13. The van der Waals surface area contributed by atoms with E-state index in [0.29, 0.717) is 17.1 Å². The van der Waals surface area contributed by atoms with Crippen LogP contribution in [-0.2, 0) is 0 Å². The van der Waals surface area contributed by atoms with Gasteiger partial charge in [0, 0.05) is 17.2 Å². The highest BCUT2D eigenvalue weighted by atomic mass is 16.5. The van der Waals surface area contributed by atoms with Crippen LogP contribution >= 0.6 is 0 Å². The van der Waals surface area contributed by atoms with Crippen LogP contribution in [0.1, 0.15) is 15.9 Å². The largest absolute Gasteiger partial charge is 0.338 e. The molecule has 4 nitrogen and oxygen atoms in total. The Morgan fingerprint density at radius 3 is 2.48 bits per heavy atom. The van der Waals surface area contributed by atoms with Gasteiger partial charge in [0.15, 0.2) is 0 Å². The van der Waals surface area contributed by atoms with Gasteiger partial charge >= 0.3 is 0 Å². The lowest BCUT2D eigenvalue weighted by atomic mass is 10.1. The number of carbonyl (C=O) groups is 1. The van der Waals surface area contributed by atoms with Crippen LogP contribution in [0.3, 0.4) is 0 Å². The van der Waals surface area contributed by atoms with E-state index in [1.807, 2.05) is 49.4 Å². The lowest BCUT2D eigenvalue weighted by molar-refractivity contribution is 0.102.